The highest BCUT2D eigenvalue weighted by Crippen LogP contribution is 2.55. The second-order valence-electron chi connectivity index (χ2n) is 12.0. The van der Waals surface area contributed by atoms with Crippen LogP contribution in [0.25, 0.3) is 0 Å². The molecule has 0 bridgehead atoms. The monoisotopic (exact) mass is 741 g/mol. The maximum atomic E-state index is 15.4. The molecule has 1 fully saturated rings. The lowest BCUT2D eigenvalue weighted by atomic mass is 9.80. The number of sulfonamides is 1. The quantitative estimate of drug-likeness (QED) is 0.299. The van der Waals surface area contributed by atoms with Crippen LogP contribution in [0.3, 0.4) is 0 Å². The number of carbonyl (C=O) groups is 2. The van der Waals surface area contributed by atoms with Crippen molar-refractivity contribution < 1.29 is 55.6 Å². The number of amides is 2. The first-order chi connectivity index (χ1) is 23.5. The van der Waals surface area contributed by atoms with E-state index in [4.69, 9.17) is 21.1 Å². The largest absolute Gasteiger partial charge is 0.573 e. The number of aliphatic hydroxyl groups excluding tert-OH is 2. The molecule has 17 heteroatoms. The van der Waals surface area contributed by atoms with E-state index < -0.39 is 56.5 Å². The highest BCUT2D eigenvalue weighted by atomic mass is 35.5. The predicted molar refractivity (Wildman–Crippen MR) is 175 cm³/mol. The summed E-state index contributed by atoms with van der Waals surface area (Å²) in [5, 5.41) is 20.6. The Hall–Kier alpha value is -4.09. The fourth-order valence-electron chi connectivity index (χ4n) is 6.60. The molecule has 3 aromatic carbocycles. The molecule has 2 heterocycles. The zero-order chi connectivity index (χ0) is 36.8. The number of rotatable bonds is 11. The van der Waals surface area contributed by atoms with Gasteiger partial charge in [-0.1, -0.05) is 17.7 Å². The second kappa shape index (κ2) is 13.9. The number of aliphatic hydroxyl groups is 2. The average molecular weight is 742 g/mol. The minimum Gasteiger partial charge on any atom is -0.497 e. The number of halogens is 4. The van der Waals surface area contributed by atoms with Gasteiger partial charge in [0, 0.05) is 49.5 Å². The van der Waals surface area contributed by atoms with E-state index in [1.807, 2.05) is 0 Å². The number of likely N-dealkylation sites (tertiary alicyclic amines) is 1. The van der Waals surface area contributed by atoms with Crippen molar-refractivity contribution in [3.63, 3.8) is 0 Å². The minimum atomic E-state index is -5.32. The normalized spacial score (nSPS) is 20.9. The van der Waals surface area contributed by atoms with Gasteiger partial charge in [-0.2, -0.15) is 0 Å². The van der Waals surface area contributed by atoms with Gasteiger partial charge in [0.15, 0.2) is 11.3 Å². The van der Waals surface area contributed by atoms with Crippen LogP contribution in [0.4, 0.5) is 18.9 Å². The molecule has 0 saturated carbocycles. The number of anilines is 1. The van der Waals surface area contributed by atoms with Crippen LogP contribution in [0.1, 0.15) is 29.5 Å². The lowest BCUT2D eigenvalue weighted by Gasteiger charge is -2.42. The van der Waals surface area contributed by atoms with Crippen molar-refractivity contribution >= 4 is 39.1 Å². The third-order valence-electron chi connectivity index (χ3n) is 8.67. The molecule has 3 aromatic rings. The summed E-state index contributed by atoms with van der Waals surface area (Å²) in [7, 11) is 0.197. The fourth-order valence-corrected chi connectivity index (χ4v) is 8.33. The number of methoxy groups -OCH3 is 2. The molecule has 1 unspecified atom stereocenters. The summed E-state index contributed by atoms with van der Waals surface area (Å²) in [6.45, 7) is -0.456. The Morgan fingerprint density at radius 2 is 1.76 bits per heavy atom. The van der Waals surface area contributed by atoms with E-state index in [-0.39, 0.29) is 52.9 Å². The van der Waals surface area contributed by atoms with Gasteiger partial charge in [-0.05, 0) is 67.3 Å². The van der Waals surface area contributed by atoms with E-state index >= 15 is 4.79 Å². The third kappa shape index (κ3) is 6.46. The number of hydrogen-bond donors (Lipinski definition) is 2. The molecule has 3 atom stereocenters. The molecule has 2 N–H and O–H groups in total. The molecule has 12 nitrogen and oxygen atoms in total. The smallest absolute Gasteiger partial charge is 0.497 e. The zero-order valence-electron chi connectivity index (χ0n) is 27.4. The first kappa shape index (κ1) is 37.2. The summed E-state index contributed by atoms with van der Waals surface area (Å²) in [4.78, 5) is 30.8. The number of likely N-dealkylation sites (N-methyl/N-ethyl adjacent to an activating group) is 1. The molecule has 0 spiro atoms. The van der Waals surface area contributed by atoms with Crippen molar-refractivity contribution in [1.29, 1.82) is 0 Å². The van der Waals surface area contributed by atoms with Gasteiger partial charge in [-0.3, -0.25) is 14.5 Å². The molecule has 0 aliphatic carbocycles. The van der Waals surface area contributed by atoms with E-state index in [1.165, 1.54) is 49.2 Å². The summed E-state index contributed by atoms with van der Waals surface area (Å²) in [6.07, 6.45) is -5.95. The summed E-state index contributed by atoms with van der Waals surface area (Å²) in [5.41, 5.74) is -1.87. The Labute approximate surface area is 291 Å². The standard InChI is InChI=1S/C33H35ClF3N3O9S/c1-38(2)30(43)26-16-21(42)18-39(26)32(24-14-19(6-5-13-41)7-11-27(24)48-4)23-15-20(34)8-10-25(23)40(31(32)44)50(45,46)29-12-9-22(47-3)17-28(29)49-33(35,36)37/h7-12,14-15,17,21,26,41-42H,5-6,13,16,18H2,1-4H3/t21-,26+,32?/m1/s1. The van der Waals surface area contributed by atoms with Gasteiger partial charge >= 0.3 is 6.36 Å². The van der Waals surface area contributed by atoms with Crippen molar-refractivity contribution in [2.45, 2.75) is 48.2 Å². The first-order valence-electron chi connectivity index (χ1n) is 15.3. The highest BCUT2D eigenvalue weighted by Gasteiger charge is 2.64. The Balaban J connectivity index is 1.88. The molecule has 2 aliphatic rings. The Morgan fingerprint density at radius 1 is 1.04 bits per heavy atom. The van der Waals surface area contributed by atoms with E-state index in [9.17, 15) is 36.6 Å². The van der Waals surface area contributed by atoms with Gasteiger partial charge in [-0.15, -0.1) is 13.2 Å². The van der Waals surface area contributed by atoms with Crippen molar-refractivity contribution in [2.24, 2.45) is 0 Å². The van der Waals surface area contributed by atoms with Gasteiger partial charge < -0.3 is 29.3 Å². The van der Waals surface area contributed by atoms with Crippen molar-refractivity contribution in [2.75, 3.05) is 45.8 Å². The minimum absolute atomic E-state index is 0.0337. The maximum Gasteiger partial charge on any atom is 0.573 e. The predicted octanol–water partition coefficient (Wildman–Crippen LogP) is 3.68. The van der Waals surface area contributed by atoms with Gasteiger partial charge in [0.25, 0.3) is 15.9 Å². The maximum absolute atomic E-state index is 15.4. The number of fused-ring (bicyclic) bond motifs is 1. The molecule has 1 saturated heterocycles. The SMILES string of the molecule is COc1ccc(S(=O)(=O)N2C(=O)C(c3cc(CCCO)ccc3OC)(N3C[C@H](O)C[C@H]3C(=O)N(C)C)c3cc(Cl)ccc32)c(OC(F)(F)F)c1. The Bertz CT molecular complexity index is 1910. The van der Waals surface area contributed by atoms with Crippen LogP contribution in [0, 0.1) is 0 Å². The van der Waals surface area contributed by atoms with E-state index in [0.29, 0.717) is 22.7 Å². The van der Waals surface area contributed by atoms with Gasteiger partial charge in [0.1, 0.15) is 16.4 Å². The van der Waals surface area contributed by atoms with E-state index in [2.05, 4.69) is 4.74 Å². The molecule has 2 amide bonds. The summed E-state index contributed by atoms with van der Waals surface area (Å²) in [5.74, 6) is -2.92. The van der Waals surface area contributed by atoms with Crippen molar-refractivity contribution in [3.05, 3.63) is 76.3 Å². The van der Waals surface area contributed by atoms with Crippen LogP contribution in [-0.2, 0) is 31.6 Å². The highest BCUT2D eigenvalue weighted by molar-refractivity contribution is 7.93. The molecular weight excluding hydrogens is 707 g/mol. The first-order valence-corrected chi connectivity index (χ1v) is 17.1. The van der Waals surface area contributed by atoms with E-state index in [0.717, 1.165) is 25.3 Å². The van der Waals surface area contributed by atoms with Gasteiger partial charge in [0.05, 0.1) is 32.1 Å². The van der Waals surface area contributed by atoms with Gasteiger partial charge in [0.2, 0.25) is 5.91 Å². The van der Waals surface area contributed by atoms with E-state index in [1.54, 1.807) is 18.2 Å². The molecule has 2 aliphatic heterocycles. The summed E-state index contributed by atoms with van der Waals surface area (Å²) >= 11 is 6.51. The average Bonchev–Trinajstić information content (AvgIpc) is 3.56. The topological polar surface area (TPSA) is 146 Å². The Kier molecular flexibility index (Phi) is 10.3. The van der Waals surface area contributed by atoms with Crippen LogP contribution in [0.15, 0.2) is 59.5 Å². The molecule has 0 radical (unpaired) electrons. The summed E-state index contributed by atoms with van der Waals surface area (Å²) < 4.78 is 85.4. The fraction of sp³-hybridized carbons (Fsp3) is 0.394. The van der Waals surface area contributed by atoms with Crippen LogP contribution >= 0.6 is 11.6 Å². The lowest BCUT2D eigenvalue weighted by molar-refractivity contribution is -0.275. The Morgan fingerprint density at radius 3 is 2.38 bits per heavy atom. The van der Waals surface area contributed by atoms with Crippen molar-refractivity contribution in [3.8, 4) is 17.2 Å². The van der Waals surface area contributed by atoms with Crippen LogP contribution in [-0.4, -0.2) is 100 Å². The van der Waals surface area contributed by atoms with Gasteiger partial charge in [-0.25, -0.2) is 12.7 Å². The number of alkyl halides is 3. The van der Waals surface area contributed by atoms with Crippen LogP contribution < -0.4 is 18.5 Å². The molecule has 0 aromatic heterocycles. The number of nitrogens with zero attached hydrogens (tertiary/aromatic N) is 3. The molecule has 270 valence electrons. The molecular formula is C33H35ClF3N3O9S. The number of aryl methyl sites for hydroxylation is 1. The lowest BCUT2D eigenvalue weighted by Crippen LogP contribution is -2.59. The van der Waals surface area contributed by atoms with Crippen LogP contribution in [0.2, 0.25) is 5.02 Å². The molecule has 50 heavy (non-hydrogen) atoms. The zero-order valence-corrected chi connectivity index (χ0v) is 29.0. The van der Waals surface area contributed by atoms with Crippen LogP contribution in [0.5, 0.6) is 17.2 Å². The number of benzene rings is 3. The number of hydrogen-bond acceptors (Lipinski definition) is 10. The number of β-amino-alcohol motifs (C(OH)–C–C–N with tert-alkyl or cyclic N) is 1. The summed E-state index contributed by atoms with van der Waals surface area (Å²) in [6, 6.07) is 10.2. The number of ether oxygens (including phenoxy) is 3. The molecule has 5 rings (SSSR count). The second-order valence-corrected chi connectivity index (χ2v) is 14.2. The van der Waals surface area contributed by atoms with Crippen molar-refractivity contribution in [1.82, 2.24) is 9.80 Å². The number of carbonyl (C=O) groups excluding carboxylic acids is 2. The third-order valence-corrected chi connectivity index (χ3v) is 10.6.